The number of alkyl halides is 1. The number of benzene rings is 1. The van der Waals surface area contributed by atoms with Gasteiger partial charge in [-0.2, -0.15) is 0 Å². The molecular weight excluding hydrogens is 362 g/mol. The lowest BCUT2D eigenvalue weighted by atomic mass is 10.1. The van der Waals surface area contributed by atoms with Crippen LogP contribution < -0.4 is 10.1 Å². The summed E-state index contributed by atoms with van der Waals surface area (Å²) in [6.45, 7) is 1.17. The smallest absolute Gasteiger partial charge is 0.257 e. The molecule has 0 spiro atoms. The van der Waals surface area contributed by atoms with E-state index < -0.39 is 0 Å². The molecule has 0 unspecified atom stereocenters. The lowest BCUT2D eigenvalue weighted by molar-refractivity contribution is 0.102. The summed E-state index contributed by atoms with van der Waals surface area (Å²) in [5.41, 5.74) is 1.47. The number of anilines is 1. The minimum atomic E-state index is -0.255. The van der Waals surface area contributed by atoms with Crippen LogP contribution in [0.15, 0.2) is 36.8 Å². The third-order valence-corrected chi connectivity index (χ3v) is 3.60. The average molecular weight is 380 g/mol. The molecule has 1 N–H and O–H groups in total. The van der Waals surface area contributed by atoms with Gasteiger partial charge in [0.05, 0.1) is 12.8 Å². The molecule has 0 fully saturated rings. The first kappa shape index (κ1) is 17.4. The van der Waals surface area contributed by atoms with E-state index in [0.717, 1.165) is 12.0 Å². The minimum absolute atomic E-state index is 0.255. The van der Waals surface area contributed by atoms with Crippen LogP contribution in [0.5, 0.6) is 5.75 Å². The third-order valence-electron chi connectivity index (χ3n) is 2.95. The van der Waals surface area contributed by atoms with E-state index in [1.807, 2.05) is 12.1 Å². The second-order valence-electron chi connectivity index (χ2n) is 4.74. The first-order chi connectivity index (χ1) is 11.2. The van der Waals surface area contributed by atoms with Gasteiger partial charge in [-0.25, -0.2) is 4.98 Å². The fourth-order valence-corrected chi connectivity index (χ4v) is 2.22. The van der Waals surface area contributed by atoms with Crippen molar-refractivity contribution in [2.45, 2.75) is 11.8 Å². The summed E-state index contributed by atoms with van der Waals surface area (Å²) in [5.74, 6) is 0.807. The molecule has 0 saturated heterocycles. The SMILES string of the molecule is COCCCOc1cc(CBr)cc(C(=O)Nc2cnccn2)c1. The van der Waals surface area contributed by atoms with Gasteiger partial charge in [0.2, 0.25) is 0 Å². The second-order valence-corrected chi connectivity index (χ2v) is 5.30. The maximum atomic E-state index is 12.3. The molecule has 23 heavy (non-hydrogen) atoms. The van der Waals surface area contributed by atoms with Crippen LogP contribution in [0.4, 0.5) is 5.82 Å². The molecule has 0 aliphatic rings. The zero-order valence-electron chi connectivity index (χ0n) is 12.8. The Morgan fingerprint density at radius 3 is 2.83 bits per heavy atom. The van der Waals surface area contributed by atoms with E-state index in [4.69, 9.17) is 9.47 Å². The Hall–Kier alpha value is -1.99. The summed E-state index contributed by atoms with van der Waals surface area (Å²) in [6, 6.07) is 5.42. The van der Waals surface area contributed by atoms with E-state index >= 15 is 0 Å². The summed E-state index contributed by atoms with van der Waals surface area (Å²) >= 11 is 3.41. The molecule has 1 amide bonds. The van der Waals surface area contributed by atoms with Gasteiger partial charge in [-0.3, -0.25) is 9.78 Å². The Labute approximate surface area is 143 Å². The number of carbonyl (C=O) groups excluding carboxylic acids is 1. The Bertz CT molecular complexity index is 638. The summed E-state index contributed by atoms with van der Waals surface area (Å²) in [7, 11) is 1.65. The van der Waals surface area contributed by atoms with Gasteiger partial charge in [-0.1, -0.05) is 15.9 Å². The maximum Gasteiger partial charge on any atom is 0.257 e. The molecular formula is C16H18BrN3O3. The van der Waals surface area contributed by atoms with Crippen LogP contribution in [0.25, 0.3) is 0 Å². The highest BCUT2D eigenvalue weighted by molar-refractivity contribution is 9.08. The molecule has 1 heterocycles. The van der Waals surface area contributed by atoms with Gasteiger partial charge in [0, 0.05) is 43.4 Å². The molecule has 0 aliphatic carbocycles. The van der Waals surface area contributed by atoms with Crippen molar-refractivity contribution in [3.05, 3.63) is 47.9 Å². The Balaban J connectivity index is 2.09. The predicted octanol–water partition coefficient (Wildman–Crippen LogP) is 3.04. The maximum absolute atomic E-state index is 12.3. The number of hydrogen-bond acceptors (Lipinski definition) is 5. The first-order valence-electron chi connectivity index (χ1n) is 7.12. The molecule has 6 nitrogen and oxygen atoms in total. The topological polar surface area (TPSA) is 73.3 Å². The Kier molecular flexibility index (Phi) is 6.96. The van der Waals surface area contributed by atoms with Gasteiger partial charge in [0.15, 0.2) is 5.82 Å². The molecule has 0 bridgehead atoms. The van der Waals surface area contributed by atoms with Crippen LogP contribution in [0.1, 0.15) is 22.3 Å². The van der Waals surface area contributed by atoms with E-state index in [9.17, 15) is 4.79 Å². The van der Waals surface area contributed by atoms with Crippen molar-refractivity contribution in [3.63, 3.8) is 0 Å². The molecule has 7 heteroatoms. The van der Waals surface area contributed by atoms with E-state index in [1.54, 1.807) is 19.4 Å². The van der Waals surface area contributed by atoms with Gasteiger partial charge in [0.1, 0.15) is 5.75 Å². The molecule has 2 rings (SSSR count). The zero-order chi connectivity index (χ0) is 16.5. The number of nitrogens with zero attached hydrogens (tertiary/aromatic N) is 2. The van der Waals surface area contributed by atoms with Crippen molar-refractivity contribution in [3.8, 4) is 5.75 Å². The minimum Gasteiger partial charge on any atom is -0.493 e. The number of hydrogen-bond donors (Lipinski definition) is 1. The first-order valence-corrected chi connectivity index (χ1v) is 8.24. The van der Waals surface area contributed by atoms with Crippen LogP contribution in [-0.2, 0) is 10.1 Å². The van der Waals surface area contributed by atoms with Crippen molar-refractivity contribution < 1.29 is 14.3 Å². The average Bonchev–Trinajstić information content (AvgIpc) is 2.59. The fraction of sp³-hybridized carbons (Fsp3) is 0.312. The molecule has 122 valence electrons. The molecule has 0 aliphatic heterocycles. The van der Waals surface area contributed by atoms with Gasteiger partial charge in [-0.05, 0) is 23.8 Å². The van der Waals surface area contributed by atoms with Gasteiger partial charge in [-0.15, -0.1) is 0 Å². The molecule has 0 atom stereocenters. The Morgan fingerprint density at radius 1 is 1.26 bits per heavy atom. The van der Waals surface area contributed by atoms with Crippen LogP contribution in [-0.4, -0.2) is 36.2 Å². The molecule has 1 aromatic carbocycles. The highest BCUT2D eigenvalue weighted by Gasteiger charge is 2.10. The van der Waals surface area contributed by atoms with Gasteiger partial charge >= 0.3 is 0 Å². The van der Waals surface area contributed by atoms with Crippen molar-refractivity contribution in [2.75, 3.05) is 25.6 Å². The number of halogens is 1. The highest BCUT2D eigenvalue weighted by atomic mass is 79.9. The van der Waals surface area contributed by atoms with E-state index in [2.05, 4.69) is 31.2 Å². The summed E-state index contributed by atoms with van der Waals surface area (Å²) in [6.07, 6.45) is 5.35. The van der Waals surface area contributed by atoms with Gasteiger partial charge in [0.25, 0.3) is 5.91 Å². The quantitative estimate of drug-likeness (QED) is 0.563. The number of carbonyl (C=O) groups is 1. The standard InChI is InChI=1S/C16H18BrN3O3/c1-22-5-2-6-23-14-8-12(10-17)7-13(9-14)16(21)20-15-11-18-3-4-19-15/h3-4,7-9,11H,2,5-6,10H2,1H3,(H,19,20,21). The summed E-state index contributed by atoms with van der Waals surface area (Å²) in [5, 5.41) is 3.34. The van der Waals surface area contributed by atoms with E-state index in [-0.39, 0.29) is 5.91 Å². The second kappa shape index (κ2) is 9.22. The number of methoxy groups -OCH3 is 1. The number of ether oxygens (including phenoxy) is 2. The van der Waals surface area contributed by atoms with Gasteiger partial charge < -0.3 is 14.8 Å². The number of amides is 1. The van der Waals surface area contributed by atoms with Crippen LogP contribution in [0.2, 0.25) is 0 Å². The van der Waals surface area contributed by atoms with Crippen LogP contribution >= 0.6 is 15.9 Å². The zero-order valence-corrected chi connectivity index (χ0v) is 14.4. The van der Waals surface area contributed by atoms with Crippen molar-refractivity contribution in [1.82, 2.24) is 9.97 Å². The van der Waals surface area contributed by atoms with Crippen LogP contribution in [0, 0.1) is 0 Å². The number of rotatable bonds is 8. The molecule has 1 aromatic heterocycles. The third kappa shape index (κ3) is 5.61. The summed E-state index contributed by atoms with van der Waals surface area (Å²) < 4.78 is 10.7. The lowest BCUT2D eigenvalue weighted by Crippen LogP contribution is -2.13. The predicted molar refractivity (Wildman–Crippen MR) is 91.0 cm³/mol. The van der Waals surface area contributed by atoms with E-state index in [0.29, 0.717) is 35.7 Å². The number of aromatic nitrogens is 2. The largest absolute Gasteiger partial charge is 0.493 e. The molecule has 2 aromatic rings. The molecule has 0 saturated carbocycles. The fourth-order valence-electron chi connectivity index (χ4n) is 1.90. The normalized spacial score (nSPS) is 10.3. The van der Waals surface area contributed by atoms with E-state index in [1.165, 1.54) is 12.4 Å². The van der Waals surface area contributed by atoms with Crippen LogP contribution in [0.3, 0.4) is 0 Å². The number of nitrogens with one attached hydrogen (secondary N) is 1. The van der Waals surface area contributed by atoms with Crippen molar-refractivity contribution in [1.29, 1.82) is 0 Å². The highest BCUT2D eigenvalue weighted by Crippen LogP contribution is 2.20. The van der Waals surface area contributed by atoms with Crippen molar-refractivity contribution in [2.24, 2.45) is 0 Å². The monoisotopic (exact) mass is 379 g/mol. The Morgan fingerprint density at radius 2 is 2.13 bits per heavy atom. The van der Waals surface area contributed by atoms with Crippen molar-refractivity contribution >= 4 is 27.7 Å². The lowest BCUT2D eigenvalue weighted by Gasteiger charge is -2.10. The summed E-state index contributed by atoms with van der Waals surface area (Å²) in [4.78, 5) is 20.3. The molecule has 0 radical (unpaired) electrons.